The lowest BCUT2D eigenvalue weighted by Crippen LogP contribution is -2.49. The number of benzene rings is 1. The standard InChI is InChI=1S/C31H51N3O6/c1-5-6-7-8-9-10-11-12-17-22-32-28(36)27(35)26(34-30(38)40-31(2,3)4)21-16-18-23-33-29(37)39-24-25-19-14-13-15-20-25/h13-15,19-20,26H,5-12,16-18,21-24H2,1-4H3,(H,32,36)(H,33,37)(H,34,38)/t26-/m0/s1. The smallest absolute Gasteiger partial charge is 0.408 e. The van der Waals surface area contributed by atoms with Crippen molar-refractivity contribution in [1.82, 2.24) is 16.0 Å². The summed E-state index contributed by atoms with van der Waals surface area (Å²) < 4.78 is 10.5. The molecule has 3 amide bonds. The minimum Gasteiger partial charge on any atom is -0.445 e. The summed E-state index contributed by atoms with van der Waals surface area (Å²) in [6.07, 6.45) is 10.5. The van der Waals surface area contributed by atoms with Crippen molar-refractivity contribution < 1.29 is 28.7 Å². The zero-order valence-electron chi connectivity index (χ0n) is 25.0. The third kappa shape index (κ3) is 18.2. The molecule has 9 heteroatoms. The third-order valence-corrected chi connectivity index (χ3v) is 6.20. The summed E-state index contributed by atoms with van der Waals surface area (Å²) in [5, 5.41) is 7.92. The number of Topliss-reactive ketones (excluding diaryl/α,β-unsaturated/α-hetero) is 1. The minimum atomic E-state index is -1.01. The maximum atomic E-state index is 12.9. The maximum absolute atomic E-state index is 12.9. The summed E-state index contributed by atoms with van der Waals surface area (Å²) in [6.45, 7) is 8.33. The van der Waals surface area contributed by atoms with Crippen LogP contribution in [-0.2, 0) is 25.7 Å². The van der Waals surface area contributed by atoms with Crippen molar-refractivity contribution in [2.45, 2.75) is 123 Å². The lowest BCUT2D eigenvalue weighted by Gasteiger charge is -2.23. The number of amides is 3. The second-order valence-corrected chi connectivity index (χ2v) is 11.1. The summed E-state index contributed by atoms with van der Waals surface area (Å²) in [7, 11) is 0. The summed E-state index contributed by atoms with van der Waals surface area (Å²) in [5.41, 5.74) is 0.156. The van der Waals surface area contributed by atoms with Gasteiger partial charge in [0.1, 0.15) is 18.2 Å². The van der Waals surface area contributed by atoms with Crippen molar-refractivity contribution in [2.24, 2.45) is 0 Å². The Hall–Kier alpha value is -3.10. The Bertz CT molecular complexity index is 870. The van der Waals surface area contributed by atoms with E-state index in [1.165, 1.54) is 38.5 Å². The van der Waals surface area contributed by atoms with Gasteiger partial charge in [0.05, 0.1) is 0 Å². The van der Waals surface area contributed by atoms with Crippen LogP contribution in [0.4, 0.5) is 9.59 Å². The highest BCUT2D eigenvalue weighted by Gasteiger charge is 2.28. The van der Waals surface area contributed by atoms with Gasteiger partial charge in [-0.2, -0.15) is 0 Å². The van der Waals surface area contributed by atoms with Crippen molar-refractivity contribution in [1.29, 1.82) is 0 Å². The van der Waals surface area contributed by atoms with Crippen LogP contribution in [0.1, 0.15) is 110 Å². The van der Waals surface area contributed by atoms with Gasteiger partial charge in [0.15, 0.2) is 0 Å². The number of ketones is 1. The van der Waals surface area contributed by atoms with Crippen LogP contribution >= 0.6 is 0 Å². The molecule has 0 heterocycles. The second kappa shape index (κ2) is 20.8. The van der Waals surface area contributed by atoms with Crippen LogP contribution in [0.2, 0.25) is 0 Å². The van der Waals surface area contributed by atoms with Crippen LogP contribution in [0.15, 0.2) is 30.3 Å². The van der Waals surface area contributed by atoms with Crippen molar-refractivity contribution in [3.05, 3.63) is 35.9 Å². The molecular formula is C31H51N3O6. The molecule has 0 saturated heterocycles. The number of carbonyl (C=O) groups is 4. The van der Waals surface area contributed by atoms with E-state index in [-0.39, 0.29) is 13.0 Å². The molecule has 0 saturated carbocycles. The van der Waals surface area contributed by atoms with Crippen LogP contribution in [0.5, 0.6) is 0 Å². The van der Waals surface area contributed by atoms with Crippen LogP contribution in [0.25, 0.3) is 0 Å². The molecule has 0 fully saturated rings. The van der Waals surface area contributed by atoms with E-state index in [1.807, 2.05) is 30.3 Å². The maximum Gasteiger partial charge on any atom is 0.408 e. The van der Waals surface area contributed by atoms with Crippen LogP contribution in [-0.4, -0.2) is 48.6 Å². The molecule has 0 radical (unpaired) electrons. The van der Waals surface area contributed by atoms with Crippen LogP contribution in [0.3, 0.4) is 0 Å². The van der Waals surface area contributed by atoms with Gasteiger partial charge in [0.2, 0.25) is 5.78 Å². The highest BCUT2D eigenvalue weighted by Crippen LogP contribution is 2.11. The lowest BCUT2D eigenvalue weighted by molar-refractivity contribution is -0.139. The van der Waals surface area contributed by atoms with Crippen molar-refractivity contribution in [2.75, 3.05) is 13.1 Å². The van der Waals surface area contributed by atoms with Gasteiger partial charge >= 0.3 is 12.2 Å². The number of ether oxygens (including phenoxy) is 2. The molecule has 0 aromatic heterocycles. The van der Waals surface area contributed by atoms with Crippen molar-refractivity contribution in [3.63, 3.8) is 0 Å². The van der Waals surface area contributed by atoms with Crippen molar-refractivity contribution in [3.8, 4) is 0 Å². The Morgan fingerprint density at radius 3 is 1.95 bits per heavy atom. The van der Waals surface area contributed by atoms with Gasteiger partial charge in [-0.3, -0.25) is 9.59 Å². The fraction of sp³-hybridized carbons (Fsp3) is 0.677. The molecule has 0 aliphatic rings. The van der Waals surface area contributed by atoms with Gasteiger partial charge in [-0.05, 0) is 52.0 Å². The van der Waals surface area contributed by atoms with E-state index < -0.39 is 35.5 Å². The van der Waals surface area contributed by atoms with Gasteiger partial charge < -0.3 is 25.4 Å². The zero-order valence-corrected chi connectivity index (χ0v) is 25.0. The average Bonchev–Trinajstić information content (AvgIpc) is 2.91. The van der Waals surface area contributed by atoms with E-state index >= 15 is 0 Å². The van der Waals surface area contributed by atoms with E-state index in [0.717, 1.165) is 24.8 Å². The summed E-state index contributed by atoms with van der Waals surface area (Å²) in [4.78, 5) is 49.6. The normalized spacial score (nSPS) is 11.8. The minimum absolute atomic E-state index is 0.178. The molecule has 1 aromatic rings. The number of hydrogen-bond acceptors (Lipinski definition) is 6. The topological polar surface area (TPSA) is 123 Å². The van der Waals surface area contributed by atoms with E-state index in [1.54, 1.807) is 20.8 Å². The quantitative estimate of drug-likeness (QED) is 0.129. The number of unbranched alkanes of at least 4 members (excludes halogenated alkanes) is 9. The molecule has 1 aromatic carbocycles. The Kier molecular flexibility index (Phi) is 18.1. The summed E-state index contributed by atoms with van der Waals surface area (Å²) in [5.74, 6) is -1.40. The largest absolute Gasteiger partial charge is 0.445 e. The van der Waals surface area contributed by atoms with E-state index in [2.05, 4.69) is 22.9 Å². The zero-order chi connectivity index (χ0) is 29.6. The predicted octanol–water partition coefficient (Wildman–Crippen LogP) is 6.19. The SMILES string of the molecule is CCCCCCCCCCCNC(=O)C(=O)[C@H](CCCCNC(=O)OCc1ccccc1)NC(=O)OC(C)(C)C. The molecule has 40 heavy (non-hydrogen) atoms. The monoisotopic (exact) mass is 561 g/mol. The summed E-state index contributed by atoms with van der Waals surface area (Å²) in [6, 6.07) is 8.36. The Morgan fingerprint density at radius 1 is 0.750 bits per heavy atom. The molecule has 0 aliphatic carbocycles. The molecule has 9 nitrogen and oxygen atoms in total. The Balaban J connectivity index is 2.39. The van der Waals surface area contributed by atoms with E-state index in [0.29, 0.717) is 25.9 Å². The van der Waals surface area contributed by atoms with Crippen LogP contribution in [0, 0.1) is 0 Å². The first-order chi connectivity index (χ1) is 19.1. The number of alkyl carbamates (subject to hydrolysis) is 2. The highest BCUT2D eigenvalue weighted by atomic mass is 16.6. The van der Waals surface area contributed by atoms with Gasteiger partial charge in [0, 0.05) is 13.1 Å². The predicted molar refractivity (Wildman–Crippen MR) is 157 cm³/mol. The number of carbonyl (C=O) groups excluding carboxylic acids is 4. The lowest BCUT2D eigenvalue weighted by atomic mass is 10.0. The van der Waals surface area contributed by atoms with Gasteiger partial charge in [0.25, 0.3) is 5.91 Å². The van der Waals surface area contributed by atoms with E-state index in [4.69, 9.17) is 9.47 Å². The Labute approximate surface area is 240 Å². The molecule has 226 valence electrons. The molecule has 1 atom stereocenters. The average molecular weight is 562 g/mol. The molecule has 1 rings (SSSR count). The molecule has 0 aliphatic heterocycles. The molecule has 0 bridgehead atoms. The van der Waals surface area contributed by atoms with Gasteiger partial charge in [-0.25, -0.2) is 9.59 Å². The molecule has 3 N–H and O–H groups in total. The number of hydrogen-bond donors (Lipinski definition) is 3. The van der Waals surface area contributed by atoms with Crippen molar-refractivity contribution >= 4 is 23.9 Å². The molecule has 0 unspecified atom stereocenters. The second-order valence-electron chi connectivity index (χ2n) is 11.1. The van der Waals surface area contributed by atoms with E-state index in [9.17, 15) is 19.2 Å². The fourth-order valence-corrected chi connectivity index (χ4v) is 4.04. The first kappa shape index (κ1) is 34.9. The highest BCUT2D eigenvalue weighted by molar-refractivity contribution is 6.38. The fourth-order valence-electron chi connectivity index (χ4n) is 4.04. The number of nitrogens with one attached hydrogen (secondary N) is 3. The molecular weight excluding hydrogens is 510 g/mol. The first-order valence-electron chi connectivity index (χ1n) is 14.9. The molecule has 0 spiro atoms. The van der Waals surface area contributed by atoms with Gasteiger partial charge in [-0.15, -0.1) is 0 Å². The first-order valence-corrected chi connectivity index (χ1v) is 14.9. The third-order valence-electron chi connectivity index (χ3n) is 6.20. The van der Waals surface area contributed by atoms with Crippen LogP contribution < -0.4 is 16.0 Å². The summed E-state index contributed by atoms with van der Waals surface area (Å²) >= 11 is 0. The Morgan fingerprint density at radius 2 is 1.32 bits per heavy atom. The van der Waals surface area contributed by atoms with Gasteiger partial charge in [-0.1, -0.05) is 88.6 Å². The number of rotatable bonds is 20.